The second kappa shape index (κ2) is 3.19. The van der Waals surface area contributed by atoms with Crippen molar-refractivity contribution in [2.45, 2.75) is 38.2 Å². The standard InChI is InChI=1S/C11H18N2O2/c1-14-8-4-7-5-10(13-15-12)11(2-3-11)9(7)6-8/h7-9H,2-6,12H2,1H3. The lowest BCUT2D eigenvalue weighted by molar-refractivity contribution is 0.100. The highest BCUT2D eigenvalue weighted by Crippen LogP contribution is 2.66. The van der Waals surface area contributed by atoms with Gasteiger partial charge in [0, 0.05) is 12.5 Å². The van der Waals surface area contributed by atoms with Crippen LogP contribution in [0.25, 0.3) is 0 Å². The van der Waals surface area contributed by atoms with Crippen molar-refractivity contribution in [3.63, 3.8) is 0 Å². The third-order valence-electron chi connectivity index (χ3n) is 4.68. The largest absolute Gasteiger partial charge is 0.381 e. The molecule has 84 valence electrons. The van der Waals surface area contributed by atoms with Crippen molar-refractivity contribution in [3.05, 3.63) is 0 Å². The van der Waals surface area contributed by atoms with Crippen molar-refractivity contribution in [1.29, 1.82) is 0 Å². The molecule has 1 spiro atoms. The minimum absolute atomic E-state index is 0.358. The Morgan fingerprint density at radius 3 is 2.80 bits per heavy atom. The Hall–Kier alpha value is -0.610. The van der Waals surface area contributed by atoms with Gasteiger partial charge in [-0.15, -0.1) is 5.90 Å². The van der Waals surface area contributed by atoms with Crippen LogP contribution in [-0.4, -0.2) is 18.9 Å². The zero-order valence-corrected chi connectivity index (χ0v) is 9.11. The fourth-order valence-electron chi connectivity index (χ4n) is 3.82. The van der Waals surface area contributed by atoms with Gasteiger partial charge in [-0.1, -0.05) is 5.16 Å². The van der Waals surface area contributed by atoms with Crippen molar-refractivity contribution < 1.29 is 9.68 Å². The molecule has 0 aromatic rings. The van der Waals surface area contributed by atoms with E-state index in [9.17, 15) is 0 Å². The van der Waals surface area contributed by atoms with Gasteiger partial charge in [0.2, 0.25) is 0 Å². The smallest absolute Gasteiger partial charge is 0.0664 e. The lowest BCUT2D eigenvalue weighted by Crippen LogP contribution is -2.19. The molecule has 3 aliphatic carbocycles. The Balaban J connectivity index is 1.82. The molecule has 0 heterocycles. The molecular weight excluding hydrogens is 192 g/mol. The number of hydrogen-bond donors (Lipinski definition) is 1. The molecule has 0 radical (unpaired) electrons. The number of nitrogens with zero attached hydrogens (tertiary/aromatic N) is 1. The van der Waals surface area contributed by atoms with E-state index in [0.717, 1.165) is 18.3 Å². The lowest BCUT2D eigenvalue weighted by atomic mass is 9.88. The number of nitrogens with two attached hydrogens (primary N) is 1. The highest BCUT2D eigenvalue weighted by molar-refractivity contribution is 5.95. The van der Waals surface area contributed by atoms with Crippen molar-refractivity contribution in [1.82, 2.24) is 0 Å². The van der Waals surface area contributed by atoms with E-state index < -0.39 is 0 Å². The van der Waals surface area contributed by atoms with E-state index in [0.29, 0.717) is 11.5 Å². The lowest BCUT2D eigenvalue weighted by Gasteiger charge is -2.17. The van der Waals surface area contributed by atoms with E-state index in [1.807, 2.05) is 7.11 Å². The predicted octanol–water partition coefficient (Wildman–Crippen LogP) is 1.46. The van der Waals surface area contributed by atoms with Gasteiger partial charge in [0.25, 0.3) is 0 Å². The molecule has 4 nitrogen and oxygen atoms in total. The van der Waals surface area contributed by atoms with Gasteiger partial charge in [0.1, 0.15) is 0 Å². The summed E-state index contributed by atoms with van der Waals surface area (Å²) in [6, 6.07) is 0. The van der Waals surface area contributed by atoms with Crippen molar-refractivity contribution in [2.75, 3.05) is 7.11 Å². The van der Waals surface area contributed by atoms with Crippen molar-refractivity contribution in [2.24, 2.45) is 28.3 Å². The average molecular weight is 210 g/mol. The summed E-state index contributed by atoms with van der Waals surface area (Å²) in [5, 5.41) is 4.03. The van der Waals surface area contributed by atoms with Crippen LogP contribution in [0.4, 0.5) is 0 Å². The fraction of sp³-hybridized carbons (Fsp3) is 0.909. The number of fused-ring (bicyclic) bond motifs is 2. The van der Waals surface area contributed by atoms with Crippen LogP contribution in [0.15, 0.2) is 5.16 Å². The van der Waals surface area contributed by atoms with E-state index in [4.69, 9.17) is 10.6 Å². The third kappa shape index (κ3) is 1.24. The van der Waals surface area contributed by atoms with E-state index in [1.165, 1.54) is 31.4 Å². The van der Waals surface area contributed by atoms with Crippen LogP contribution in [0.1, 0.15) is 32.1 Å². The first-order valence-electron chi connectivity index (χ1n) is 5.76. The molecular formula is C11H18N2O2. The van der Waals surface area contributed by atoms with Gasteiger partial charge < -0.3 is 9.68 Å². The molecule has 3 saturated carbocycles. The third-order valence-corrected chi connectivity index (χ3v) is 4.68. The second-order valence-corrected chi connectivity index (χ2v) is 5.20. The van der Waals surface area contributed by atoms with E-state index in [-0.39, 0.29) is 0 Å². The molecule has 3 atom stereocenters. The topological polar surface area (TPSA) is 56.8 Å². The van der Waals surface area contributed by atoms with Crippen LogP contribution in [0.2, 0.25) is 0 Å². The summed E-state index contributed by atoms with van der Waals surface area (Å²) >= 11 is 0. The molecule has 0 aromatic carbocycles. The maximum Gasteiger partial charge on any atom is 0.0664 e. The molecule has 0 amide bonds. The molecule has 3 aliphatic rings. The minimum Gasteiger partial charge on any atom is -0.381 e. The van der Waals surface area contributed by atoms with Gasteiger partial charge >= 0.3 is 0 Å². The normalized spacial score (nSPS) is 43.6. The second-order valence-electron chi connectivity index (χ2n) is 5.20. The molecule has 3 unspecified atom stereocenters. The highest BCUT2D eigenvalue weighted by atomic mass is 16.7. The Morgan fingerprint density at radius 1 is 1.40 bits per heavy atom. The van der Waals surface area contributed by atoms with E-state index in [1.54, 1.807) is 0 Å². The summed E-state index contributed by atoms with van der Waals surface area (Å²) in [4.78, 5) is 4.48. The summed E-state index contributed by atoms with van der Waals surface area (Å²) in [6.07, 6.45) is 6.47. The zero-order chi connectivity index (χ0) is 10.5. The monoisotopic (exact) mass is 210 g/mol. The van der Waals surface area contributed by atoms with Crippen LogP contribution >= 0.6 is 0 Å². The van der Waals surface area contributed by atoms with E-state index in [2.05, 4.69) is 10.1 Å². The fourth-order valence-corrected chi connectivity index (χ4v) is 3.82. The Labute approximate surface area is 89.7 Å². The van der Waals surface area contributed by atoms with Gasteiger partial charge in [-0.2, -0.15) is 0 Å². The van der Waals surface area contributed by atoms with Crippen molar-refractivity contribution >= 4 is 5.71 Å². The maximum atomic E-state index is 5.47. The number of hydrogen-bond acceptors (Lipinski definition) is 4. The summed E-state index contributed by atoms with van der Waals surface area (Å²) in [5.41, 5.74) is 1.58. The molecule has 0 bridgehead atoms. The van der Waals surface area contributed by atoms with Crippen LogP contribution in [0, 0.1) is 17.3 Å². The summed E-state index contributed by atoms with van der Waals surface area (Å²) in [5.74, 6) is 6.58. The Kier molecular flexibility index (Phi) is 2.04. The first kappa shape index (κ1) is 9.60. The molecule has 3 rings (SSSR count). The first-order valence-corrected chi connectivity index (χ1v) is 5.76. The number of oxime groups is 1. The summed E-state index contributed by atoms with van der Waals surface area (Å²) in [7, 11) is 1.82. The van der Waals surface area contributed by atoms with Gasteiger partial charge in [0.15, 0.2) is 0 Å². The quantitative estimate of drug-likeness (QED) is 0.702. The van der Waals surface area contributed by atoms with Crippen LogP contribution < -0.4 is 5.90 Å². The minimum atomic E-state index is 0.358. The van der Waals surface area contributed by atoms with E-state index >= 15 is 0 Å². The highest BCUT2D eigenvalue weighted by Gasteiger charge is 2.63. The summed E-state index contributed by atoms with van der Waals surface area (Å²) in [6.45, 7) is 0. The molecule has 0 aliphatic heterocycles. The molecule has 3 fully saturated rings. The van der Waals surface area contributed by atoms with Crippen LogP contribution in [0.3, 0.4) is 0 Å². The van der Waals surface area contributed by atoms with Gasteiger partial charge in [-0.25, -0.2) is 0 Å². The number of ether oxygens (including phenoxy) is 1. The summed E-state index contributed by atoms with van der Waals surface area (Å²) < 4.78 is 5.47. The number of rotatable bonds is 2. The van der Waals surface area contributed by atoms with Crippen LogP contribution in [-0.2, 0) is 9.68 Å². The van der Waals surface area contributed by atoms with Gasteiger partial charge in [-0.3, -0.25) is 0 Å². The predicted molar refractivity (Wildman–Crippen MR) is 56.0 cm³/mol. The Bertz CT molecular complexity index is 299. The molecule has 0 aromatic heterocycles. The Morgan fingerprint density at radius 2 is 2.20 bits per heavy atom. The molecule has 15 heavy (non-hydrogen) atoms. The molecule has 4 heteroatoms. The SMILES string of the molecule is COC1CC2CC(=NON)C3(CC3)C2C1. The number of methoxy groups -OCH3 is 1. The average Bonchev–Trinajstić information content (AvgIpc) is 2.86. The van der Waals surface area contributed by atoms with Gasteiger partial charge in [0.05, 0.1) is 11.8 Å². The van der Waals surface area contributed by atoms with Crippen LogP contribution in [0.5, 0.6) is 0 Å². The van der Waals surface area contributed by atoms with Gasteiger partial charge in [-0.05, 0) is 43.9 Å². The maximum absolute atomic E-state index is 5.47. The first-order chi connectivity index (χ1) is 7.30. The molecule has 2 N–H and O–H groups in total. The zero-order valence-electron chi connectivity index (χ0n) is 9.11. The van der Waals surface area contributed by atoms with Crippen molar-refractivity contribution in [3.8, 4) is 0 Å². The molecule has 0 saturated heterocycles.